The van der Waals surface area contributed by atoms with Gasteiger partial charge in [0.05, 0.1) is 17.6 Å². The molecule has 1 aromatic rings. The van der Waals surface area contributed by atoms with Crippen LogP contribution in [0, 0.1) is 23.1 Å². The molecule has 0 bridgehead atoms. The highest BCUT2D eigenvalue weighted by molar-refractivity contribution is 7.86. The number of carbonyl (C=O) groups is 2. The number of benzene rings is 1. The van der Waals surface area contributed by atoms with E-state index in [2.05, 4.69) is 10.6 Å². The van der Waals surface area contributed by atoms with Crippen LogP contribution in [0.5, 0.6) is 0 Å². The van der Waals surface area contributed by atoms with Crippen molar-refractivity contribution in [3.8, 4) is 6.07 Å². The molecule has 3 fully saturated rings. The summed E-state index contributed by atoms with van der Waals surface area (Å²) < 4.78 is 80.4. The fourth-order valence-corrected chi connectivity index (χ4v) is 6.36. The largest absolute Gasteiger partial charge is 0.416 e. The first-order valence-electron chi connectivity index (χ1n) is 11.7. The van der Waals surface area contributed by atoms with Crippen molar-refractivity contribution in [2.24, 2.45) is 5.92 Å². The average Bonchev–Trinajstić information content (AvgIpc) is 3.31. The molecule has 3 saturated heterocycles. The first kappa shape index (κ1) is 27.2. The molecular weight excluding hydrogens is 520 g/mol. The fraction of sp³-hybridized carbons (Fsp3) is 0.591. The highest BCUT2D eigenvalue weighted by Crippen LogP contribution is 2.30. The van der Waals surface area contributed by atoms with Gasteiger partial charge >= 0.3 is 6.18 Å². The van der Waals surface area contributed by atoms with Gasteiger partial charge in [0.1, 0.15) is 17.9 Å². The van der Waals surface area contributed by atoms with E-state index in [1.165, 1.54) is 13.5 Å². The monoisotopic (exact) mass is 546 g/mol. The highest BCUT2D eigenvalue weighted by Gasteiger charge is 2.44. The van der Waals surface area contributed by atoms with Crippen molar-refractivity contribution in [2.45, 2.75) is 37.6 Å². The second-order valence-corrected chi connectivity index (χ2v) is 11.2. The lowest BCUT2D eigenvalue weighted by atomic mass is 10.1. The van der Waals surface area contributed by atoms with E-state index in [1.807, 2.05) is 6.07 Å². The van der Waals surface area contributed by atoms with Crippen LogP contribution < -0.4 is 10.6 Å². The summed E-state index contributed by atoms with van der Waals surface area (Å²) in [6.07, 6.45) is -3.83. The molecule has 0 unspecified atom stereocenters. The molecule has 2 atom stereocenters. The number of hydrogen-bond donors (Lipinski definition) is 2. The van der Waals surface area contributed by atoms with Crippen molar-refractivity contribution >= 4 is 22.0 Å². The van der Waals surface area contributed by atoms with Gasteiger partial charge in [0, 0.05) is 51.4 Å². The van der Waals surface area contributed by atoms with Crippen LogP contribution in [0.1, 0.15) is 24.0 Å². The molecule has 0 spiro atoms. The molecule has 4 rings (SSSR count). The molecule has 0 saturated carbocycles. The number of carbonyl (C=O) groups excluding carboxylic acids is 2. The molecule has 3 heterocycles. The van der Waals surface area contributed by atoms with Gasteiger partial charge in [0.25, 0.3) is 10.2 Å². The third-order valence-electron chi connectivity index (χ3n) is 6.79. The van der Waals surface area contributed by atoms with Crippen molar-refractivity contribution in [2.75, 3.05) is 39.3 Å². The fourth-order valence-electron chi connectivity index (χ4n) is 4.64. The highest BCUT2D eigenvalue weighted by atomic mass is 32.2. The zero-order valence-electron chi connectivity index (χ0n) is 19.7. The van der Waals surface area contributed by atoms with Crippen LogP contribution in [0.4, 0.5) is 17.6 Å². The van der Waals surface area contributed by atoms with Crippen LogP contribution in [0.3, 0.4) is 0 Å². The van der Waals surface area contributed by atoms with Crippen LogP contribution in [0.25, 0.3) is 0 Å². The summed E-state index contributed by atoms with van der Waals surface area (Å²) in [5, 5.41) is 14.4. The molecular formula is C22H26F4N6O4S. The molecule has 0 radical (unpaired) electrons. The Morgan fingerprint density at radius 1 is 1.16 bits per heavy atom. The molecule has 0 aliphatic carbocycles. The molecule has 37 heavy (non-hydrogen) atoms. The molecule has 202 valence electrons. The lowest BCUT2D eigenvalue weighted by Crippen LogP contribution is -2.63. The van der Waals surface area contributed by atoms with Gasteiger partial charge in [0.2, 0.25) is 11.8 Å². The van der Waals surface area contributed by atoms with Gasteiger partial charge in [-0.25, -0.2) is 4.39 Å². The van der Waals surface area contributed by atoms with Crippen LogP contribution in [-0.4, -0.2) is 85.1 Å². The first-order chi connectivity index (χ1) is 17.4. The normalized spacial score (nSPS) is 23.9. The maximum atomic E-state index is 14.1. The van der Waals surface area contributed by atoms with Crippen LogP contribution in [0.2, 0.25) is 0 Å². The van der Waals surface area contributed by atoms with Gasteiger partial charge < -0.3 is 15.5 Å². The number of halogens is 4. The van der Waals surface area contributed by atoms with E-state index in [-0.39, 0.29) is 57.3 Å². The summed E-state index contributed by atoms with van der Waals surface area (Å²) in [7, 11) is -3.82. The third kappa shape index (κ3) is 5.71. The van der Waals surface area contributed by atoms with Crippen LogP contribution >= 0.6 is 0 Å². The van der Waals surface area contributed by atoms with E-state index < -0.39 is 51.7 Å². The second kappa shape index (κ2) is 10.5. The predicted octanol–water partition coefficient (Wildman–Crippen LogP) is 0.426. The van der Waals surface area contributed by atoms with E-state index in [4.69, 9.17) is 5.26 Å². The van der Waals surface area contributed by atoms with Gasteiger partial charge in [-0.2, -0.15) is 35.5 Å². The number of likely N-dealkylation sites (tertiary alicyclic amines) is 1. The van der Waals surface area contributed by atoms with Crippen LogP contribution in [-0.2, 0) is 32.5 Å². The Kier molecular flexibility index (Phi) is 7.75. The van der Waals surface area contributed by atoms with E-state index >= 15 is 0 Å². The molecule has 1 aromatic carbocycles. The van der Waals surface area contributed by atoms with Crippen LogP contribution in [0.15, 0.2) is 18.2 Å². The maximum Gasteiger partial charge on any atom is 0.416 e. The minimum absolute atomic E-state index is 0.106. The lowest BCUT2D eigenvalue weighted by molar-refractivity contribution is -0.140. The summed E-state index contributed by atoms with van der Waals surface area (Å²) >= 11 is 0. The first-order valence-corrected chi connectivity index (χ1v) is 13.1. The average molecular weight is 547 g/mol. The Morgan fingerprint density at radius 3 is 2.54 bits per heavy atom. The number of piperazine rings is 1. The molecule has 2 N–H and O–H groups in total. The Bertz CT molecular complexity index is 1200. The summed E-state index contributed by atoms with van der Waals surface area (Å²) in [5.41, 5.74) is -1.26. The van der Waals surface area contributed by atoms with E-state index in [0.29, 0.717) is 18.9 Å². The quantitative estimate of drug-likeness (QED) is 0.499. The van der Waals surface area contributed by atoms with E-state index in [1.54, 1.807) is 0 Å². The SMILES string of the molecule is N#CC1CN(S(=O)(=O)N2CCN[C@H](C(=O)N3CCC[C@@H]3C(=O)NCc3ccc(C(F)(F)F)cc3F)C2)C1. The Hall–Kier alpha value is -2.80. The van der Waals surface area contributed by atoms with E-state index in [0.717, 1.165) is 12.1 Å². The summed E-state index contributed by atoms with van der Waals surface area (Å²) in [4.78, 5) is 27.4. The topological polar surface area (TPSA) is 126 Å². The second-order valence-electron chi connectivity index (χ2n) is 9.23. The molecule has 2 amide bonds. The summed E-state index contributed by atoms with van der Waals surface area (Å²) in [6, 6.07) is 2.31. The zero-order chi connectivity index (χ0) is 27.0. The molecule has 3 aliphatic rings. The lowest BCUT2D eigenvalue weighted by Gasteiger charge is -2.41. The molecule has 3 aliphatic heterocycles. The summed E-state index contributed by atoms with van der Waals surface area (Å²) in [6.45, 7) is 0.382. The number of rotatable bonds is 6. The number of hydrogen-bond acceptors (Lipinski definition) is 6. The van der Waals surface area contributed by atoms with Crippen molar-refractivity contribution in [3.63, 3.8) is 0 Å². The Balaban J connectivity index is 1.36. The van der Waals surface area contributed by atoms with Gasteiger partial charge in [0.15, 0.2) is 0 Å². The number of nitriles is 1. The smallest absolute Gasteiger partial charge is 0.350 e. The number of alkyl halides is 3. The standard InChI is InChI=1S/C22H26F4N6O4S/c23-17-8-16(22(24,25)26)4-3-15(17)10-29-20(33)19-2-1-6-32(19)21(34)18-13-30(7-5-28-18)37(35,36)31-11-14(9-27)12-31/h3-4,8,14,18-19,28H,1-2,5-7,10-13H2,(H,29,33)/t18-,19+/m0/s1. The number of amides is 2. The van der Waals surface area contributed by atoms with Gasteiger partial charge in [-0.3, -0.25) is 9.59 Å². The maximum absolute atomic E-state index is 14.1. The predicted molar refractivity (Wildman–Crippen MR) is 121 cm³/mol. The van der Waals surface area contributed by atoms with Crippen molar-refractivity contribution in [1.29, 1.82) is 5.26 Å². The minimum Gasteiger partial charge on any atom is -0.350 e. The van der Waals surface area contributed by atoms with Crippen molar-refractivity contribution in [3.05, 3.63) is 35.1 Å². The molecule has 15 heteroatoms. The van der Waals surface area contributed by atoms with Crippen molar-refractivity contribution in [1.82, 2.24) is 24.1 Å². The van der Waals surface area contributed by atoms with E-state index in [9.17, 15) is 35.6 Å². The Labute approximate surface area is 211 Å². The van der Waals surface area contributed by atoms with Crippen molar-refractivity contribution < 1.29 is 35.6 Å². The van der Waals surface area contributed by atoms with Gasteiger partial charge in [-0.1, -0.05) is 6.07 Å². The number of nitrogens with zero attached hydrogens (tertiary/aromatic N) is 4. The molecule has 0 aromatic heterocycles. The zero-order valence-corrected chi connectivity index (χ0v) is 20.5. The molecule has 10 nitrogen and oxygen atoms in total. The number of nitrogens with one attached hydrogen (secondary N) is 2. The van der Waals surface area contributed by atoms with Gasteiger partial charge in [-0.15, -0.1) is 0 Å². The summed E-state index contributed by atoms with van der Waals surface area (Å²) in [5.74, 6) is -2.48. The third-order valence-corrected chi connectivity index (χ3v) is 8.73. The Morgan fingerprint density at radius 2 is 1.89 bits per heavy atom. The van der Waals surface area contributed by atoms with Gasteiger partial charge in [-0.05, 0) is 25.0 Å². The minimum atomic E-state index is -4.69.